The number of hydrogen-bond donors (Lipinski definition) is 1. The lowest BCUT2D eigenvalue weighted by atomic mass is 10.2. The molecule has 0 atom stereocenters. The highest BCUT2D eigenvalue weighted by molar-refractivity contribution is 7.07. The molecule has 1 aromatic carbocycles. The summed E-state index contributed by atoms with van der Waals surface area (Å²) in [5.41, 5.74) is 9.27. The van der Waals surface area contributed by atoms with Gasteiger partial charge in [-0.05, 0) is 12.1 Å². The molecular weight excluding hydrogens is 272 g/mol. The van der Waals surface area contributed by atoms with Crippen LogP contribution in [0.5, 0.6) is 0 Å². The normalized spacial score (nSPS) is 10.7. The molecule has 0 saturated heterocycles. The van der Waals surface area contributed by atoms with Crippen LogP contribution in [0, 0.1) is 0 Å². The third-order valence-corrected chi connectivity index (χ3v) is 3.25. The van der Waals surface area contributed by atoms with Crippen LogP contribution in [0.25, 0.3) is 23.0 Å². The number of nitrogens with zero attached hydrogens (tertiary/aromatic N) is 3. The molecule has 0 radical (unpaired) electrons. The van der Waals surface area contributed by atoms with Crippen molar-refractivity contribution in [1.82, 2.24) is 15.1 Å². The van der Waals surface area contributed by atoms with Crippen molar-refractivity contribution in [2.45, 2.75) is 0 Å². The Bertz CT molecular complexity index is 660. The van der Waals surface area contributed by atoms with Gasteiger partial charge < -0.3 is 10.3 Å². The minimum absolute atomic E-state index is 0.293. The van der Waals surface area contributed by atoms with E-state index in [4.69, 9.17) is 21.9 Å². The van der Waals surface area contributed by atoms with Gasteiger partial charge in [0, 0.05) is 11.1 Å². The van der Waals surface area contributed by atoms with Crippen molar-refractivity contribution in [2.24, 2.45) is 0 Å². The van der Waals surface area contributed by atoms with Crippen molar-refractivity contribution in [2.75, 3.05) is 5.73 Å². The van der Waals surface area contributed by atoms with Gasteiger partial charge in [0.1, 0.15) is 5.69 Å². The van der Waals surface area contributed by atoms with Crippen LogP contribution >= 0.6 is 22.9 Å². The van der Waals surface area contributed by atoms with Crippen molar-refractivity contribution in [3.8, 4) is 23.0 Å². The molecule has 3 aromatic rings. The fourth-order valence-electron chi connectivity index (χ4n) is 1.52. The Morgan fingerprint density at radius 2 is 2.22 bits per heavy atom. The molecule has 5 nitrogen and oxygen atoms in total. The quantitative estimate of drug-likeness (QED) is 0.729. The molecule has 0 fully saturated rings. The van der Waals surface area contributed by atoms with Crippen molar-refractivity contribution in [1.29, 1.82) is 0 Å². The third-order valence-electron chi connectivity index (χ3n) is 2.35. The lowest BCUT2D eigenvalue weighted by molar-refractivity contribution is 0.432. The molecule has 2 aromatic heterocycles. The number of nitrogens with two attached hydrogens (primary N) is 1. The van der Waals surface area contributed by atoms with Gasteiger partial charge >= 0.3 is 0 Å². The molecule has 0 saturated carbocycles. The Morgan fingerprint density at radius 1 is 1.33 bits per heavy atom. The fourth-order valence-corrected chi connectivity index (χ4v) is 2.31. The van der Waals surface area contributed by atoms with Gasteiger partial charge in [0.25, 0.3) is 5.89 Å². The summed E-state index contributed by atoms with van der Waals surface area (Å²) in [6.07, 6.45) is 0. The van der Waals surface area contributed by atoms with Gasteiger partial charge in [-0.3, -0.25) is 0 Å². The number of thiazole rings is 1. The van der Waals surface area contributed by atoms with Crippen molar-refractivity contribution >= 4 is 28.6 Å². The van der Waals surface area contributed by atoms with Crippen LogP contribution in [0.1, 0.15) is 0 Å². The van der Waals surface area contributed by atoms with Crippen LogP contribution in [0.4, 0.5) is 5.69 Å². The maximum atomic E-state index is 6.08. The van der Waals surface area contributed by atoms with Crippen molar-refractivity contribution < 1.29 is 4.52 Å². The van der Waals surface area contributed by atoms with Crippen LogP contribution in [0.3, 0.4) is 0 Å². The first kappa shape index (κ1) is 11.2. The minimum Gasteiger partial charge on any atom is -0.398 e. The van der Waals surface area contributed by atoms with Gasteiger partial charge in [-0.2, -0.15) is 4.98 Å². The molecule has 18 heavy (non-hydrogen) atoms. The Kier molecular flexibility index (Phi) is 2.73. The van der Waals surface area contributed by atoms with Crippen molar-refractivity contribution in [3.63, 3.8) is 0 Å². The molecule has 0 unspecified atom stereocenters. The first-order valence-corrected chi connectivity index (χ1v) is 6.34. The van der Waals surface area contributed by atoms with Crippen LogP contribution in [0.2, 0.25) is 5.02 Å². The number of halogens is 1. The van der Waals surface area contributed by atoms with E-state index in [1.807, 2.05) is 5.38 Å². The predicted octanol–water partition coefficient (Wildman–Crippen LogP) is 3.10. The average Bonchev–Trinajstić information content (AvgIpc) is 2.99. The third kappa shape index (κ3) is 1.85. The summed E-state index contributed by atoms with van der Waals surface area (Å²) in [6, 6.07) is 5.22. The van der Waals surface area contributed by atoms with Gasteiger partial charge in [0.15, 0.2) is 0 Å². The highest BCUT2D eigenvalue weighted by Crippen LogP contribution is 2.32. The van der Waals surface area contributed by atoms with E-state index in [1.165, 1.54) is 11.3 Å². The van der Waals surface area contributed by atoms with Crippen LogP contribution in [-0.2, 0) is 0 Å². The SMILES string of the molecule is Nc1cccc(Cl)c1-c1nc(-c2cscn2)no1. The monoisotopic (exact) mass is 278 g/mol. The zero-order valence-corrected chi connectivity index (χ0v) is 10.6. The van der Waals surface area contributed by atoms with Gasteiger partial charge in [0.05, 0.1) is 16.1 Å². The summed E-state index contributed by atoms with van der Waals surface area (Å²) in [6.45, 7) is 0. The van der Waals surface area contributed by atoms with E-state index in [0.717, 1.165) is 0 Å². The maximum absolute atomic E-state index is 6.08. The van der Waals surface area contributed by atoms with Crippen LogP contribution < -0.4 is 5.73 Å². The Labute approximate surface area is 111 Å². The van der Waals surface area contributed by atoms with E-state index < -0.39 is 0 Å². The summed E-state index contributed by atoms with van der Waals surface area (Å²) in [5, 5.41) is 6.17. The number of nitrogen functional groups attached to an aromatic ring is 1. The van der Waals surface area contributed by atoms with E-state index in [-0.39, 0.29) is 0 Å². The van der Waals surface area contributed by atoms with Crippen LogP contribution in [0.15, 0.2) is 33.6 Å². The predicted molar refractivity (Wildman–Crippen MR) is 70.3 cm³/mol. The minimum atomic E-state index is 0.293. The second-order valence-corrected chi connectivity index (χ2v) is 4.63. The largest absolute Gasteiger partial charge is 0.398 e. The maximum Gasteiger partial charge on any atom is 0.261 e. The highest BCUT2D eigenvalue weighted by atomic mass is 35.5. The second-order valence-electron chi connectivity index (χ2n) is 3.50. The first-order valence-electron chi connectivity index (χ1n) is 5.02. The van der Waals surface area contributed by atoms with Gasteiger partial charge in [-0.25, -0.2) is 4.98 Å². The van der Waals surface area contributed by atoms with E-state index in [0.29, 0.717) is 33.7 Å². The molecule has 0 spiro atoms. The topological polar surface area (TPSA) is 77.8 Å². The summed E-state index contributed by atoms with van der Waals surface area (Å²) in [5.74, 6) is 0.715. The zero-order valence-electron chi connectivity index (χ0n) is 9.00. The van der Waals surface area contributed by atoms with E-state index in [2.05, 4.69) is 15.1 Å². The molecule has 3 rings (SSSR count). The number of anilines is 1. The van der Waals surface area contributed by atoms with E-state index in [1.54, 1.807) is 23.7 Å². The van der Waals surface area contributed by atoms with Crippen LogP contribution in [-0.4, -0.2) is 15.1 Å². The lowest BCUT2D eigenvalue weighted by Crippen LogP contribution is -1.90. The van der Waals surface area contributed by atoms with Crippen molar-refractivity contribution in [3.05, 3.63) is 34.1 Å². The number of benzene rings is 1. The molecule has 2 heterocycles. The Balaban J connectivity index is 2.09. The molecule has 0 aliphatic rings. The number of rotatable bonds is 2. The molecule has 0 bridgehead atoms. The Morgan fingerprint density at radius 3 is 2.94 bits per heavy atom. The molecular formula is C11H7ClN4OS. The second kappa shape index (κ2) is 4.40. The summed E-state index contributed by atoms with van der Waals surface area (Å²) in [4.78, 5) is 8.35. The molecule has 0 aliphatic heterocycles. The lowest BCUT2D eigenvalue weighted by Gasteiger charge is -2.01. The van der Waals surface area contributed by atoms with E-state index in [9.17, 15) is 0 Å². The molecule has 0 aliphatic carbocycles. The average molecular weight is 279 g/mol. The molecule has 0 amide bonds. The number of aromatic nitrogens is 3. The van der Waals surface area contributed by atoms with Gasteiger partial charge in [0.2, 0.25) is 5.82 Å². The highest BCUT2D eigenvalue weighted by Gasteiger charge is 2.16. The van der Waals surface area contributed by atoms with Gasteiger partial charge in [-0.1, -0.05) is 22.8 Å². The molecule has 2 N–H and O–H groups in total. The summed E-state index contributed by atoms with van der Waals surface area (Å²) >= 11 is 7.54. The number of hydrogen-bond acceptors (Lipinski definition) is 6. The standard InChI is InChI=1S/C11H7ClN4OS/c12-6-2-1-3-7(13)9(6)11-15-10(16-17-11)8-4-18-5-14-8/h1-5H,13H2. The molecule has 7 heteroatoms. The summed E-state index contributed by atoms with van der Waals surface area (Å²) in [7, 11) is 0. The zero-order chi connectivity index (χ0) is 12.5. The summed E-state index contributed by atoms with van der Waals surface area (Å²) < 4.78 is 5.18. The first-order chi connectivity index (χ1) is 8.75. The Hall–Kier alpha value is -1.92. The smallest absolute Gasteiger partial charge is 0.261 e. The van der Waals surface area contributed by atoms with E-state index >= 15 is 0 Å². The fraction of sp³-hybridized carbons (Fsp3) is 0. The molecule has 90 valence electrons. The van der Waals surface area contributed by atoms with Gasteiger partial charge in [-0.15, -0.1) is 11.3 Å².